The molecule has 4 heteroatoms. The Morgan fingerprint density at radius 3 is 2.62 bits per heavy atom. The summed E-state index contributed by atoms with van der Waals surface area (Å²) in [4.78, 5) is 13.3. The maximum absolute atomic E-state index is 12.1. The molecule has 3 nitrogen and oxygen atoms in total. The van der Waals surface area contributed by atoms with E-state index in [1.807, 2.05) is 30.5 Å². The monoisotopic (exact) mass is 308 g/mol. The fraction of sp³-hybridized carbons (Fsp3) is 0.588. The molecule has 0 bridgehead atoms. The van der Waals surface area contributed by atoms with Crippen LogP contribution in [0.3, 0.4) is 0 Å². The van der Waals surface area contributed by atoms with Gasteiger partial charge in [0.25, 0.3) is 0 Å². The van der Waals surface area contributed by atoms with Gasteiger partial charge < -0.3 is 11.1 Å². The molecular weight excluding hydrogens is 280 g/mol. The van der Waals surface area contributed by atoms with Crippen LogP contribution in [0.5, 0.6) is 0 Å². The van der Waals surface area contributed by atoms with E-state index in [9.17, 15) is 4.79 Å². The van der Waals surface area contributed by atoms with Crippen molar-refractivity contribution in [3.8, 4) is 0 Å². The van der Waals surface area contributed by atoms with E-state index in [0.717, 1.165) is 23.4 Å². The number of thioether (sulfide) groups is 1. The third-order valence-electron chi connectivity index (χ3n) is 3.81. The van der Waals surface area contributed by atoms with Gasteiger partial charge in [0.15, 0.2) is 0 Å². The highest BCUT2D eigenvalue weighted by Crippen LogP contribution is 2.32. The Balaban J connectivity index is 2.52. The fourth-order valence-electron chi connectivity index (χ4n) is 2.44. The van der Waals surface area contributed by atoms with E-state index in [1.54, 1.807) is 11.8 Å². The van der Waals surface area contributed by atoms with Crippen LogP contribution in [0.4, 0.5) is 5.69 Å². The van der Waals surface area contributed by atoms with Gasteiger partial charge in [0.05, 0.1) is 0 Å². The van der Waals surface area contributed by atoms with Crippen LogP contribution in [0.15, 0.2) is 29.2 Å². The normalized spacial score (nSPS) is 13.0. The van der Waals surface area contributed by atoms with Gasteiger partial charge in [0.1, 0.15) is 0 Å². The second-order valence-electron chi connectivity index (χ2n) is 6.46. The Bertz CT molecular complexity index is 454. The second-order valence-corrected chi connectivity index (χ2v) is 7.34. The zero-order valence-corrected chi connectivity index (χ0v) is 14.4. The maximum Gasteiger partial charge on any atom is 0.224 e. The SMILES string of the molecule is CSc1cccc(NC(=O)CCC(CCN)C(C)(C)C)c1. The first-order valence-electron chi connectivity index (χ1n) is 7.50. The van der Waals surface area contributed by atoms with Crippen LogP contribution in [-0.4, -0.2) is 18.7 Å². The molecule has 0 aliphatic heterocycles. The summed E-state index contributed by atoms with van der Waals surface area (Å²) in [6, 6.07) is 7.94. The average molecular weight is 308 g/mol. The summed E-state index contributed by atoms with van der Waals surface area (Å²) in [6.45, 7) is 7.33. The molecule has 118 valence electrons. The van der Waals surface area contributed by atoms with Crippen LogP contribution in [-0.2, 0) is 4.79 Å². The van der Waals surface area contributed by atoms with Crippen LogP contribution < -0.4 is 11.1 Å². The molecule has 1 atom stereocenters. The van der Waals surface area contributed by atoms with Crippen molar-refractivity contribution in [3.63, 3.8) is 0 Å². The van der Waals surface area contributed by atoms with Crippen molar-refractivity contribution in [1.29, 1.82) is 0 Å². The van der Waals surface area contributed by atoms with E-state index in [0.29, 0.717) is 18.9 Å². The molecule has 0 saturated carbocycles. The Labute approximate surface area is 133 Å². The predicted molar refractivity (Wildman–Crippen MR) is 92.7 cm³/mol. The lowest BCUT2D eigenvalue weighted by Gasteiger charge is -2.30. The average Bonchev–Trinajstić information content (AvgIpc) is 2.42. The van der Waals surface area contributed by atoms with Gasteiger partial charge in [-0.1, -0.05) is 26.8 Å². The predicted octanol–water partition coefficient (Wildman–Crippen LogP) is 4.14. The summed E-state index contributed by atoms with van der Waals surface area (Å²) in [5.41, 5.74) is 6.75. The summed E-state index contributed by atoms with van der Waals surface area (Å²) >= 11 is 1.67. The summed E-state index contributed by atoms with van der Waals surface area (Å²) in [7, 11) is 0. The quantitative estimate of drug-likeness (QED) is 0.744. The molecule has 3 N–H and O–H groups in total. The van der Waals surface area contributed by atoms with Gasteiger partial charge in [0, 0.05) is 17.0 Å². The van der Waals surface area contributed by atoms with Crippen molar-refractivity contribution in [1.82, 2.24) is 0 Å². The molecule has 0 aliphatic carbocycles. The fourth-order valence-corrected chi connectivity index (χ4v) is 2.90. The number of carbonyl (C=O) groups is 1. The lowest BCUT2D eigenvalue weighted by Crippen LogP contribution is -2.25. The van der Waals surface area contributed by atoms with Crippen molar-refractivity contribution in [2.75, 3.05) is 18.1 Å². The molecule has 21 heavy (non-hydrogen) atoms. The van der Waals surface area contributed by atoms with E-state index in [2.05, 4.69) is 26.1 Å². The number of hydrogen-bond acceptors (Lipinski definition) is 3. The van der Waals surface area contributed by atoms with Gasteiger partial charge in [-0.2, -0.15) is 0 Å². The molecule has 0 heterocycles. The maximum atomic E-state index is 12.1. The molecule has 1 unspecified atom stereocenters. The minimum Gasteiger partial charge on any atom is -0.330 e. The van der Waals surface area contributed by atoms with Gasteiger partial charge in [-0.15, -0.1) is 11.8 Å². The number of carbonyl (C=O) groups excluding carboxylic acids is 1. The Hall–Kier alpha value is -1.00. The van der Waals surface area contributed by atoms with E-state index in [-0.39, 0.29) is 11.3 Å². The summed E-state index contributed by atoms with van der Waals surface area (Å²) in [5.74, 6) is 0.560. The molecule has 1 amide bonds. The molecule has 0 spiro atoms. The zero-order chi connectivity index (χ0) is 15.9. The van der Waals surface area contributed by atoms with Crippen molar-refractivity contribution in [2.24, 2.45) is 17.1 Å². The number of amides is 1. The van der Waals surface area contributed by atoms with Crippen molar-refractivity contribution in [2.45, 2.75) is 44.9 Å². The highest BCUT2D eigenvalue weighted by Gasteiger charge is 2.24. The Morgan fingerprint density at radius 1 is 1.33 bits per heavy atom. The van der Waals surface area contributed by atoms with Gasteiger partial charge in [0.2, 0.25) is 5.91 Å². The standard InChI is InChI=1S/C17H28N2OS/c1-17(2,3)13(10-11-18)8-9-16(20)19-14-6-5-7-15(12-14)21-4/h5-7,12-13H,8-11,18H2,1-4H3,(H,19,20). The van der Waals surface area contributed by atoms with Crippen LogP contribution in [0.2, 0.25) is 0 Å². The van der Waals surface area contributed by atoms with Crippen molar-refractivity contribution >= 4 is 23.4 Å². The Kier molecular flexibility index (Phi) is 7.26. The van der Waals surface area contributed by atoms with Gasteiger partial charge in [-0.3, -0.25) is 4.79 Å². The largest absolute Gasteiger partial charge is 0.330 e. The van der Waals surface area contributed by atoms with E-state index >= 15 is 0 Å². The Morgan fingerprint density at radius 2 is 2.05 bits per heavy atom. The second kappa shape index (κ2) is 8.44. The molecule has 1 aromatic carbocycles. The molecular formula is C17H28N2OS. The van der Waals surface area contributed by atoms with Crippen molar-refractivity contribution < 1.29 is 4.79 Å². The number of hydrogen-bond donors (Lipinski definition) is 2. The van der Waals surface area contributed by atoms with E-state index in [1.165, 1.54) is 0 Å². The smallest absolute Gasteiger partial charge is 0.224 e. The van der Waals surface area contributed by atoms with Crippen LogP contribution in [0.25, 0.3) is 0 Å². The van der Waals surface area contributed by atoms with Crippen LogP contribution in [0, 0.1) is 11.3 Å². The number of anilines is 1. The lowest BCUT2D eigenvalue weighted by atomic mass is 9.76. The molecule has 0 radical (unpaired) electrons. The van der Waals surface area contributed by atoms with E-state index < -0.39 is 0 Å². The number of benzene rings is 1. The molecule has 0 aromatic heterocycles. The van der Waals surface area contributed by atoms with Crippen LogP contribution >= 0.6 is 11.8 Å². The van der Waals surface area contributed by atoms with Gasteiger partial charge in [-0.25, -0.2) is 0 Å². The minimum absolute atomic E-state index is 0.0829. The first-order chi connectivity index (χ1) is 9.86. The third kappa shape index (κ3) is 6.53. The minimum atomic E-state index is 0.0829. The highest BCUT2D eigenvalue weighted by molar-refractivity contribution is 7.98. The number of nitrogens with one attached hydrogen (secondary N) is 1. The highest BCUT2D eigenvalue weighted by atomic mass is 32.2. The number of nitrogens with two attached hydrogens (primary N) is 1. The molecule has 0 saturated heterocycles. The summed E-state index contributed by atoms with van der Waals surface area (Å²) in [6.07, 6.45) is 4.43. The molecule has 1 aromatic rings. The zero-order valence-electron chi connectivity index (χ0n) is 13.6. The van der Waals surface area contributed by atoms with Gasteiger partial charge in [-0.05, 0) is 55.2 Å². The summed E-state index contributed by atoms with van der Waals surface area (Å²) in [5, 5.41) is 2.98. The van der Waals surface area contributed by atoms with Gasteiger partial charge >= 0.3 is 0 Å². The topological polar surface area (TPSA) is 55.1 Å². The first-order valence-corrected chi connectivity index (χ1v) is 8.73. The molecule has 1 rings (SSSR count). The van der Waals surface area contributed by atoms with E-state index in [4.69, 9.17) is 5.73 Å². The number of rotatable bonds is 7. The lowest BCUT2D eigenvalue weighted by molar-refractivity contribution is -0.116. The third-order valence-corrected chi connectivity index (χ3v) is 4.54. The van der Waals surface area contributed by atoms with Crippen molar-refractivity contribution in [3.05, 3.63) is 24.3 Å². The first kappa shape index (κ1) is 18.1. The van der Waals surface area contributed by atoms with Crippen LogP contribution in [0.1, 0.15) is 40.0 Å². The summed E-state index contributed by atoms with van der Waals surface area (Å²) < 4.78 is 0. The molecule has 0 fully saturated rings. The molecule has 0 aliphatic rings.